The van der Waals surface area contributed by atoms with E-state index < -0.39 is 27.4 Å². The molecule has 0 amide bonds. The van der Waals surface area contributed by atoms with Crippen molar-refractivity contribution < 1.29 is 19.1 Å². The third kappa shape index (κ3) is 4.57. The summed E-state index contributed by atoms with van der Waals surface area (Å²) in [4.78, 5) is 13.5. The molecule has 1 aromatic heterocycles. The number of fused-ring (bicyclic) bond motifs is 1. The Morgan fingerprint density at radius 2 is 1.84 bits per heavy atom. The Kier molecular flexibility index (Phi) is 6.20. The van der Waals surface area contributed by atoms with Crippen LogP contribution in [0.1, 0.15) is 50.2 Å². The number of hydrogen-bond donors (Lipinski definition) is 1. The van der Waals surface area contributed by atoms with E-state index in [0.29, 0.717) is 19.0 Å². The van der Waals surface area contributed by atoms with Crippen LogP contribution in [-0.4, -0.2) is 50.2 Å². The van der Waals surface area contributed by atoms with Gasteiger partial charge in [0.05, 0.1) is 11.8 Å². The maximum atomic E-state index is 13.5. The lowest BCUT2D eigenvalue weighted by Gasteiger charge is -2.46. The van der Waals surface area contributed by atoms with Crippen LogP contribution in [0.3, 0.4) is 0 Å². The highest BCUT2D eigenvalue weighted by Crippen LogP contribution is 2.49. The Morgan fingerprint density at radius 1 is 1.19 bits per heavy atom. The normalized spacial score (nSPS) is 28.7. The molecule has 3 aliphatic rings. The van der Waals surface area contributed by atoms with Gasteiger partial charge in [-0.05, 0) is 48.8 Å². The van der Waals surface area contributed by atoms with Gasteiger partial charge in [-0.15, -0.1) is 0 Å². The molecule has 0 aromatic carbocycles. The summed E-state index contributed by atoms with van der Waals surface area (Å²) in [6, 6.07) is 3.09. The molecule has 0 saturated heterocycles. The Balaban J connectivity index is 1.93. The number of ketones is 1. The first-order valence-corrected chi connectivity index (χ1v) is 18.0. The molecule has 1 N–H and O–H groups in total. The van der Waals surface area contributed by atoms with Crippen molar-refractivity contribution in [3.05, 3.63) is 35.7 Å². The van der Waals surface area contributed by atoms with Gasteiger partial charge in [0.1, 0.15) is 12.3 Å². The Hall–Kier alpha value is -0.996. The van der Waals surface area contributed by atoms with Gasteiger partial charge in [-0.25, -0.2) is 0 Å². The van der Waals surface area contributed by atoms with E-state index in [0.717, 1.165) is 11.6 Å². The lowest BCUT2D eigenvalue weighted by atomic mass is 9.72. The first-order chi connectivity index (χ1) is 14.0. The van der Waals surface area contributed by atoms with E-state index in [1.54, 1.807) is 6.08 Å². The van der Waals surface area contributed by atoms with Crippen molar-refractivity contribution >= 4 is 22.2 Å². The molecule has 31 heavy (non-hydrogen) atoms. The van der Waals surface area contributed by atoms with Gasteiger partial charge >= 0.3 is 0 Å². The Morgan fingerprint density at radius 3 is 2.42 bits per heavy atom. The van der Waals surface area contributed by atoms with Gasteiger partial charge in [0.25, 0.3) is 0 Å². The fourth-order valence-corrected chi connectivity index (χ4v) is 6.27. The van der Waals surface area contributed by atoms with Crippen molar-refractivity contribution in [1.82, 2.24) is 4.57 Å². The third-order valence-corrected chi connectivity index (χ3v) is 13.7. The van der Waals surface area contributed by atoms with Crippen LogP contribution in [-0.2, 0) is 21.3 Å². The zero-order valence-corrected chi connectivity index (χ0v) is 22.8. The van der Waals surface area contributed by atoms with Crippen molar-refractivity contribution in [3.8, 4) is 0 Å². The molecule has 0 fully saturated rings. The number of carbonyl (C=O) groups is 1. The Bertz CT molecular complexity index is 877. The zero-order chi connectivity index (χ0) is 23.5. The lowest BCUT2D eigenvalue weighted by Crippen LogP contribution is -2.53. The lowest BCUT2D eigenvalue weighted by molar-refractivity contribution is 0.00986. The summed E-state index contributed by atoms with van der Waals surface area (Å²) in [7, 11) is -3.27. The van der Waals surface area contributed by atoms with E-state index >= 15 is 0 Å². The van der Waals surface area contributed by atoms with Gasteiger partial charge < -0.3 is 18.8 Å². The van der Waals surface area contributed by atoms with Gasteiger partial charge in [-0.1, -0.05) is 46.5 Å². The zero-order valence-electron chi connectivity index (χ0n) is 20.8. The summed E-state index contributed by atoms with van der Waals surface area (Å²) < 4.78 is 14.6. The topological polar surface area (TPSA) is 60.7 Å². The van der Waals surface area contributed by atoms with Crippen LogP contribution < -0.4 is 0 Å². The predicted molar refractivity (Wildman–Crippen MR) is 131 cm³/mol. The average molecular weight is 464 g/mol. The standard InChI is InChI=1S/C24H41NO4Si2/c1-22(2,3)31(8,9)29-19-16-24(27)12-11-23(19,4)18-10-13-25(20(18)21(24)26)17-28-14-15-30(5,6)7/h10-13,19,27H,14-17H2,1-9H3/t19-,23+,24-/m1/s1. The van der Waals surface area contributed by atoms with Crippen molar-refractivity contribution in [1.29, 1.82) is 0 Å². The van der Waals surface area contributed by atoms with Crippen LogP contribution in [0.15, 0.2) is 24.4 Å². The summed E-state index contributed by atoms with van der Waals surface area (Å²) in [5.74, 6) is -0.248. The van der Waals surface area contributed by atoms with Gasteiger partial charge in [-0.2, -0.15) is 0 Å². The quantitative estimate of drug-likeness (QED) is 0.337. The second-order valence-corrected chi connectivity index (χ2v) is 22.7. The van der Waals surface area contributed by atoms with Crippen LogP contribution in [0.25, 0.3) is 0 Å². The molecule has 7 heteroatoms. The highest BCUT2D eigenvalue weighted by molar-refractivity contribution is 6.76. The number of carbonyl (C=O) groups excluding carboxylic acids is 1. The van der Waals surface area contributed by atoms with Crippen LogP contribution in [0.5, 0.6) is 0 Å². The summed E-state index contributed by atoms with van der Waals surface area (Å²) >= 11 is 0. The largest absolute Gasteiger partial charge is 0.413 e. The molecule has 0 radical (unpaired) electrons. The van der Waals surface area contributed by atoms with Crippen LogP contribution in [0.2, 0.25) is 43.8 Å². The molecule has 0 saturated carbocycles. The summed E-state index contributed by atoms with van der Waals surface area (Å²) in [5, 5.41) is 11.4. The smallest absolute Gasteiger partial charge is 0.215 e. The fourth-order valence-electron chi connectivity index (χ4n) is 4.12. The van der Waals surface area contributed by atoms with Gasteiger partial charge in [0.2, 0.25) is 5.78 Å². The maximum absolute atomic E-state index is 13.5. The Labute approximate surface area is 190 Å². The average Bonchev–Trinajstić information content (AvgIpc) is 2.98. The molecular formula is C24H41NO4Si2. The number of nitrogens with zero attached hydrogens (tertiary/aromatic N) is 1. The molecule has 3 atom stereocenters. The molecule has 0 unspecified atom stereocenters. The first kappa shape index (κ1) is 24.6. The number of Topliss-reactive ketones (excluding diaryl/α,β-unsaturated/α-hetero) is 1. The van der Waals surface area contributed by atoms with Gasteiger partial charge in [0, 0.05) is 32.7 Å². The van der Waals surface area contributed by atoms with E-state index in [4.69, 9.17) is 9.16 Å². The minimum Gasteiger partial charge on any atom is -0.413 e. The molecule has 174 valence electrons. The van der Waals surface area contributed by atoms with Crippen molar-refractivity contribution in [2.75, 3.05) is 6.61 Å². The van der Waals surface area contributed by atoms with Crippen LogP contribution in [0, 0.1) is 0 Å². The molecular weight excluding hydrogens is 422 g/mol. The van der Waals surface area contributed by atoms with E-state index in [9.17, 15) is 9.90 Å². The molecule has 5 nitrogen and oxygen atoms in total. The highest BCUT2D eigenvalue weighted by atomic mass is 28.4. The first-order valence-electron chi connectivity index (χ1n) is 11.4. The monoisotopic (exact) mass is 463 g/mol. The molecule has 0 spiro atoms. The molecule has 4 rings (SSSR count). The number of aromatic nitrogens is 1. The van der Waals surface area contributed by atoms with Gasteiger partial charge in [0.15, 0.2) is 8.32 Å². The third-order valence-electron chi connectivity index (χ3n) is 7.49. The highest BCUT2D eigenvalue weighted by Gasteiger charge is 2.56. The summed E-state index contributed by atoms with van der Waals surface area (Å²) in [6.45, 7) is 21.2. The van der Waals surface area contributed by atoms with E-state index in [2.05, 4.69) is 60.4 Å². The SMILES string of the molecule is CC(C)(C)[Si](C)(C)O[C@@H]1C[C@]2(O)C=C[C@@]1(C)c1ccn(COCC[Si](C)(C)C)c1C2=O. The number of ether oxygens (including phenoxy) is 1. The molecule has 1 heterocycles. The minimum atomic E-state index is -2.10. The van der Waals surface area contributed by atoms with Gasteiger partial charge in [-0.3, -0.25) is 4.79 Å². The summed E-state index contributed by atoms with van der Waals surface area (Å²) in [5.41, 5.74) is -0.511. The number of hydrogen-bond acceptors (Lipinski definition) is 4. The minimum absolute atomic E-state index is 0.0459. The molecule has 2 bridgehead atoms. The molecule has 0 aliphatic heterocycles. The van der Waals surface area contributed by atoms with E-state index in [1.165, 1.54) is 0 Å². The molecule has 3 aliphatic carbocycles. The van der Waals surface area contributed by atoms with Crippen molar-refractivity contribution in [3.63, 3.8) is 0 Å². The van der Waals surface area contributed by atoms with Crippen LogP contribution >= 0.6 is 0 Å². The van der Waals surface area contributed by atoms with Crippen molar-refractivity contribution in [2.24, 2.45) is 0 Å². The molecule has 1 aromatic rings. The van der Waals surface area contributed by atoms with E-state index in [1.807, 2.05) is 22.9 Å². The fraction of sp³-hybridized carbons (Fsp3) is 0.708. The number of rotatable bonds is 7. The van der Waals surface area contributed by atoms with E-state index in [-0.39, 0.29) is 23.3 Å². The second kappa shape index (κ2) is 7.80. The number of aliphatic hydroxyl groups is 1. The van der Waals surface area contributed by atoms with Crippen LogP contribution in [0.4, 0.5) is 0 Å². The maximum Gasteiger partial charge on any atom is 0.215 e. The second-order valence-electron chi connectivity index (χ2n) is 12.3. The predicted octanol–water partition coefficient (Wildman–Crippen LogP) is 5.34. The summed E-state index contributed by atoms with van der Waals surface area (Å²) in [6.07, 6.45) is 5.64. The van der Waals surface area contributed by atoms with Crippen molar-refractivity contribution in [2.45, 2.75) is 102 Å².